The zero-order chi connectivity index (χ0) is 11.4. The number of carbonyl (C=O) groups excluding carboxylic acids is 1. The van der Waals surface area contributed by atoms with E-state index in [-0.39, 0.29) is 11.6 Å². The van der Waals surface area contributed by atoms with Crippen LogP contribution in [0.5, 0.6) is 0 Å². The van der Waals surface area contributed by atoms with Crippen molar-refractivity contribution in [3.63, 3.8) is 0 Å². The molecule has 0 spiro atoms. The number of rotatable bonds is 4. The van der Waals surface area contributed by atoms with Crippen molar-refractivity contribution in [1.82, 2.24) is 0 Å². The largest absolute Gasteiger partial charge is 0.459 e. The topological polar surface area (TPSA) is 26.3 Å². The molecule has 0 fully saturated rings. The molecule has 0 saturated carbocycles. The number of esters is 1. The first-order chi connectivity index (χ1) is 6.19. The standard InChI is InChI=1S/C12H24O2/c1-7-8-9-12(5,6)14-10(13)11(2,3)4/h7-9H2,1-6H3. The quantitative estimate of drug-likeness (QED) is 0.649. The number of carbonyl (C=O) groups is 1. The average Bonchev–Trinajstić information content (AvgIpc) is 1.98. The number of ether oxygens (including phenoxy) is 1. The van der Waals surface area contributed by atoms with Gasteiger partial charge in [-0.2, -0.15) is 0 Å². The third-order valence-electron chi connectivity index (χ3n) is 2.11. The molecule has 0 heterocycles. The molecule has 0 unspecified atom stereocenters. The van der Waals surface area contributed by atoms with E-state index in [0.717, 1.165) is 19.3 Å². The van der Waals surface area contributed by atoms with E-state index in [1.807, 2.05) is 34.6 Å². The molecule has 0 aromatic rings. The van der Waals surface area contributed by atoms with Gasteiger partial charge in [-0.15, -0.1) is 0 Å². The molecule has 0 aliphatic rings. The summed E-state index contributed by atoms with van der Waals surface area (Å²) in [6, 6.07) is 0. The van der Waals surface area contributed by atoms with E-state index >= 15 is 0 Å². The van der Waals surface area contributed by atoms with Crippen LogP contribution in [0.4, 0.5) is 0 Å². The van der Waals surface area contributed by atoms with Crippen LogP contribution in [0.1, 0.15) is 60.8 Å². The Morgan fingerprint density at radius 1 is 1.14 bits per heavy atom. The summed E-state index contributed by atoms with van der Waals surface area (Å²) in [5.41, 5.74) is -0.718. The highest BCUT2D eigenvalue weighted by Crippen LogP contribution is 2.24. The zero-order valence-corrected chi connectivity index (χ0v) is 10.4. The summed E-state index contributed by atoms with van der Waals surface area (Å²) in [5.74, 6) is -0.112. The molecule has 0 aromatic heterocycles. The molecule has 14 heavy (non-hydrogen) atoms. The van der Waals surface area contributed by atoms with Gasteiger partial charge in [0.25, 0.3) is 0 Å². The van der Waals surface area contributed by atoms with E-state index < -0.39 is 5.41 Å². The van der Waals surface area contributed by atoms with Gasteiger partial charge in [-0.3, -0.25) is 4.79 Å². The fraction of sp³-hybridized carbons (Fsp3) is 0.917. The van der Waals surface area contributed by atoms with Crippen LogP contribution in [0.3, 0.4) is 0 Å². The van der Waals surface area contributed by atoms with E-state index in [0.29, 0.717) is 0 Å². The molecule has 0 N–H and O–H groups in total. The van der Waals surface area contributed by atoms with Crippen molar-refractivity contribution in [2.75, 3.05) is 0 Å². The van der Waals surface area contributed by atoms with Gasteiger partial charge in [0.05, 0.1) is 5.41 Å². The van der Waals surface area contributed by atoms with Crippen molar-refractivity contribution in [2.24, 2.45) is 5.41 Å². The van der Waals surface area contributed by atoms with E-state index in [1.165, 1.54) is 0 Å². The Morgan fingerprint density at radius 2 is 1.64 bits per heavy atom. The van der Waals surface area contributed by atoms with Gasteiger partial charge in [-0.25, -0.2) is 0 Å². The van der Waals surface area contributed by atoms with Crippen LogP contribution >= 0.6 is 0 Å². The van der Waals surface area contributed by atoms with Crippen molar-refractivity contribution >= 4 is 5.97 Å². The summed E-state index contributed by atoms with van der Waals surface area (Å²) in [4.78, 5) is 11.6. The molecule has 0 aromatic carbocycles. The van der Waals surface area contributed by atoms with Crippen molar-refractivity contribution in [3.05, 3.63) is 0 Å². The fourth-order valence-corrected chi connectivity index (χ4v) is 1.06. The molecular formula is C12H24O2. The summed E-state index contributed by atoms with van der Waals surface area (Å²) >= 11 is 0. The van der Waals surface area contributed by atoms with Crippen LogP contribution in [0.25, 0.3) is 0 Å². The lowest BCUT2D eigenvalue weighted by molar-refractivity contribution is -0.166. The highest BCUT2D eigenvalue weighted by atomic mass is 16.6. The molecule has 84 valence electrons. The Kier molecular flexibility index (Phi) is 4.63. The zero-order valence-electron chi connectivity index (χ0n) is 10.4. The second-order valence-corrected chi connectivity index (χ2v) is 5.50. The molecule has 2 nitrogen and oxygen atoms in total. The first-order valence-electron chi connectivity index (χ1n) is 5.42. The lowest BCUT2D eigenvalue weighted by Crippen LogP contribution is -2.34. The second kappa shape index (κ2) is 4.81. The van der Waals surface area contributed by atoms with Crippen molar-refractivity contribution < 1.29 is 9.53 Å². The SMILES string of the molecule is CCCCC(C)(C)OC(=O)C(C)(C)C. The third-order valence-corrected chi connectivity index (χ3v) is 2.11. The monoisotopic (exact) mass is 200 g/mol. The van der Waals surface area contributed by atoms with Crippen LogP contribution < -0.4 is 0 Å². The minimum absolute atomic E-state index is 0.112. The van der Waals surface area contributed by atoms with Crippen LogP contribution in [-0.4, -0.2) is 11.6 Å². The van der Waals surface area contributed by atoms with Gasteiger partial charge < -0.3 is 4.74 Å². The maximum Gasteiger partial charge on any atom is 0.311 e. The van der Waals surface area contributed by atoms with Crippen molar-refractivity contribution in [3.8, 4) is 0 Å². The van der Waals surface area contributed by atoms with E-state index in [2.05, 4.69) is 6.92 Å². The number of hydrogen-bond donors (Lipinski definition) is 0. The third kappa shape index (κ3) is 5.25. The fourth-order valence-electron chi connectivity index (χ4n) is 1.06. The maximum absolute atomic E-state index is 11.6. The van der Waals surface area contributed by atoms with Crippen LogP contribution in [0, 0.1) is 5.41 Å². The molecule has 0 saturated heterocycles. The van der Waals surface area contributed by atoms with Crippen LogP contribution in [-0.2, 0) is 9.53 Å². The van der Waals surface area contributed by atoms with Crippen LogP contribution in [0.15, 0.2) is 0 Å². The Morgan fingerprint density at radius 3 is 2.00 bits per heavy atom. The molecule has 0 aliphatic carbocycles. The molecule has 0 rings (SSSR count). The molecule has 0 bridgehead atoms. The Balaban J connectivity index is 4.15. The molecule has 0 atom stereocenters. The Hall–Kier alpha value is -0.530. The summed E-state index contributed by atoms with van der Waals surface area (Å²) in [6.07, 6.45) is 3.17. The van der Waals surface area contributed by atoms with E-state index in [4.69, 9.17) is 4.74 Å². The molecule has 0 aliphatic heterocycles. The summed E-state index contributed by atoms with van der Waals surface area (Å²) in [6.45, 7) is 11.7. The highest BCUT2D eigenvalue weighted by molar-refractivity contribution is 5.75. The Labute approximate surface area is 88.0 Å². The highest BCUT2D eigenvalue weighted by Gasteiger charge is 2.29. The number of hydrogen-bond acceptors (Lipinski definition) is 2. The maximum atomic E-state index is 11.6. The second-order valence-electron chi connectivity index (χ2n) is 5.50. The Bertz CT molecular complexity index is 187. The van der Waals surface area contributed by atoms with Gasteiger partial charge in [0, 0.05) is 0 Å². The lowest BCUT2D eigenvalue weighted by atomic mass is 9.95. The molecule has 0 amide bonds. The summed E-state index contributed by atoms with van der Waals surface area (Å²) in [5, 5.41) is 0. The lowest BCUT2D eigenvalue weighted by Gasteiger charge is -2.29. The summed E-state index contributed by atoms with van der Waals surface area (Å²) < 4.78 is 5.47. The van der Waals surface area contributed by atoms with Crippen molar-refractivity contribution in [1.29, 1.82) is 0 Å². The van der Waals surface area contributed by atoms with E-state index in [9.17, 15) is 4.79 Å². The van der Waals surface area contributed by atoms with Crippen molar-refractivity contribution in [2.45, 2.75) is 66.4 Å². The molecular weight excluding hydrogens is 176 g/mol. The minimum atomic E-state index is -0.399. The van der Waals surface area contributed by atoms with Crippen LogP contribution in [0.2, 0.25) is 0 Å². The van der Waals surface area contributed by atoms with Gasteiger partial charge in [0.2, 0.25) is 0 Å². The predicted molar refractivity (Wildman–Crippen MR) is 59.2 cm³/mol. The smallest absolute Gasteiger partial charge is 0.311 e. The van der Waals surface area contributed by atoms with Gasteiger partial charge >= 0.3 is 5.97 Å². The normalized spacial score (nSPS) is 12.7. The first-order valence-corrected chi connectivity index (χ1v) is 5.42. The average molecular weight is 200 g/mol. The first kappa shape index (κ1) is 13.5. The summed E-state index contributed by atoms with van der Waals surface area (Å²) in [7, 11) is 0. The number of unbranched alkanes of at least 4 members (excludes halogenated alkanes) is 1. The predicted octanol–water partition coefficient (Wildman–Crippen LogP) is 3.54. The van der Waals surface area contributed by atoms with Gasteiger partial charge in [-0.1, -0.05) is 13.3 Å². The van der Waals surface area contributed by atoms with Gasteiger partial charge in [-0.05, 0) is 47.5 Å². The van der Waals surface area contributed by atoms with Gasteiger partial charge in [0.15, 0.2) is 0 Å². The van der Waals surface area contributed by atoms with Gasteiger partial charge in [0.1, 0.15) is 5.60 Å². The van der Waals surface area contributed by atoms with E-state index in [1.54, 1.807) is 0 Å². The molecule has 2 heteroatoms. The molecule has 0 radical (unpaired) electrons. The minimum Gasteiger partial charge on any atom is -0.459 e.